The van der Waals surface area contributed by atoms with E-state index in [4.69, 9.17) is 16.3 Å². The largest absolute Gasteiger partial charge is 0.371 e. The van der Waals surface area contributed by atoms with Crippen LogP contribution in [0.5, 0.6) is 0 Å². The number of ether oxygens (including phenoxy) is 1. The van der Waals surface area contributed by atoms with Crippen molar-refractivity contribution in [3.8, 4) is 0 Å². The molecule has 1 aromatic heterocycles. The second kappa shape index (κ2) is 6.79. The number of hydrogen-bond donors (Lipinski definition) is 1. The molecule has 1 aliphatic rings. The van der Waals surface area contributed by atoms with E-state index < -0.39 is 0 Å². The van der Waals surface area contributed by atoms with Gasteiger partial charge in [-0.05, 0) is 37.1 Å². The molecule has 1 N–H and O–H groups in total. The van der Waals surface area contributed by atoms with Gasteiger partial charge in [-0.15, -0.1) is 0 Å². The number of nitrogens with one attached hydrogen (secondary N) is 1. The smallest absolute Gasteiger partial charge is 0.268 e. The summed E-state index contributed by atoms with van der Waals surface area (Å²) in [5.41, 5.74) is 1.97. The second-order valence-corrected chi connectivity index (χ2v) is 6.43. The van der Waals surface area contributed by atoms with Crippen molar-refractivity contribution in [1.82, 2.24) is 9.88 Å². The summed E-state index contributed by atoms with van der Waals surface area (Å²) in [7, 11) is 1.75. The molecule has 126 valence electrons. The van der Waals surface area contributed by atoms with E-state index in [0.717, 1.165) is 12.0 Å². The summed E-state index contributed by atoms with van der Waals surface area (Å²) >= 11 is 5.92. The Kier molecular flexibility index (Phi) is 4.73. The van der Waals surface area contributed by atoms with Crippen molar-refractivity contribution in [2.24, 2.45) is 7.05 Å². The lowest BCUT2D eigenvalue weighted by atomic mass is 10.0. The number of nitrogens with zero attached hydrogens (tertiary/aromatic N) is 1. The van der Waals surface area contributed by atoms with Gasteiger partial charge in [0.1, 0.15) is 11.8 Å². The molecule has 1 saturated heterocycles. The monoisotopic (exact) mass is 346 g/mol. The molecule has 0 radical (unpaired) electrons. The summed E-state index contributed by atoms with van der Waals surface area (Å²) in [5, 5.41) is 3.69. The van der Waals surface area contributed by atoms with E-state index in [1.807, 2.05) is 24.3 Å². The molecule has 1 aromatic carbocycles. The average molecular weight is 347 g/mol. The van der Waals surface area contributed by atoms with Crippen LogP contribution in [0.2, 0.25) is 5.02 Å². The van der Waals surface area contributed by atoms with Crippen LogP contribution in [0.25, 0.3) is 0 Å². The zero-order valence-electron chi connectivity index (χ0n) is 13.6. The van der Waals surface area contributed by atoms with Crippen LogP contribution in [-0.4, -0.2) is 28.9 Å². The lowest BCUT2D eigenvalue weighted by Gasteiger charge is -2.20. The Labute approximate surface area is 145 Å². The highest BCUT2D eigenvalue weighted by atomic mass is 35.5. The van der Waals surface area contributed by atoms with Gasteiger partial charge in [0.05, 0.1) is 6.04 Å². The van der Waals surface area contributed by atoms with Gasteiger partial charge in [-0.25, -0.2) is 0 Å². The maximum absolute atomic E-state index is 12.6. The molecular weight excluding hydrogens is 328 g/mol. The molecular formula is C18H19ClN2O3. The number of aromatic nitrogens is 1. The van der Waals surface area contributed by atoms with Crippen molar-refractivity contribution in [2.75, 3.05) is 6.61 Å². The Morgan fingerprint density at radius 2 is 2.00 bits per heavy atom. The maximum atomic E-state index is 12.6. The molecule has 6 heteroatoms. The first-order chi connectivity index (χ1) is 11.5. The molecule has 2 heterocycles. The maximum Gasteiger partial charge on any atom is 0.268 e. The molecule has 2 aromatic rings. The van der Waals surface area contributed by atoms with Crippen molar-refractivity contribution in [3.05, 3.63) is 58.4 Å². The molecule has 1 fully saturated rings. The lowest BCUT2D eigenvalue weighted by molar-refractivity contribution is 0.0816. The SMILES string of the molecule is CC(=O)c1cc(C(=O)N[C@H]2CCO[C@@H]2c2ccc(Cl)cc2)n(C)c1. The lowest BCUT2D eigenvalue weighted by Crippen LogP contribution is -2.37. The van der Waals surface area contributed by atoms with Crippen LogP contribution < -0.4 is 5.32 Å². The first-order valence-electron chi connectivity index (χ1n) is 7.81. The number of benzene rings is 1. The van der Waals surface area contributed by atoms with Crippen LogP contribution in [-0.2, 0) is 11.8 Å². The van der Waals surface area contributed by atoms with Crippen LogP contribution in [0, 0.1) is 0 Å². The minimum atomic E-state index is -0.209. The van der Waals surface area contributed by atoms with Gasteiger partial charge in [-0.3, -0.25) is 9.59 Å². The van der Waals surface area contributed by atoms with Crippen LogP contribution >= 0.6 is 11.6 Å². The number of carbonyl (C=O) groups is 2. The van der Waals surface area contributed by atoms with Gasteiger partial charge in [0.2, 0.25) is 0 Å². The average Bonchev–Trinajstić information content (AvgIpc) is 3.15. The van der Waals surface area contributed by atoms with Gasteiger partial charge in [0, 0.05) is 30.4 Å². The summed E-state index contributed by atoms with van der Waals surface area (Å²) < 4.78 is 7.45. The molecule has 0 saturated carbocycles. The molecule has 2 atom stereocenters. The van der Waals surface area contributed by atoms with Crippen molar-refractivity contribution in [1.29, 1.82) is 0 Å². The fraction of sp³-hybridized carbons (Fsp3) is 0.333. The minimum Gasteiger partial charge on any atom is -0.371 e. The van der Waals surface area contributed by atoms with Gasteiger partial charge < -0.3 is 14.6 Å². The Hall–Kier alpha value is -2.11. The summed E-state index contributed by atoms with van der Waals surface area (Å²) in [6.07, 6.45) is 2.21. The predicted octanol–water partition coefficient (Wildman–Crippen LogP) is 3.14. The molecule has 1 aliphatic heterocycles. The molecule has 3 rings (SSSR count). The van der Waals surface area contributed by atoms with Gasteiger partial charge in [-0.2, -0.15) is 0 Å². The fourth-order valence-electron chi connectivity index (χ4n) is 2.94. The van der Waals surface area contributed by atoms with Gasteiger partial charge in [0.25, 0.3) is 5.91 Å². The number of Topliss-reactive ketones (excluding diaryl/α,β-unsaturated/α-hetero) is 1. The Balaban J connectivity index is 1.76. The highest BCUT2D eigenvalue weighted by Crippen LogP contribution is 2.30. The fourth-order valence-corrected chi connectivity index (χ4v) is 3.07. The summed E-state index contributed by atoms with van der Waals surface area (Å²) in [6.45, 7) is 2.07. The molecule has 1 amide bonds. The number of ketones is 1. The van der Waals surface area contributed by atoms with Crippen LogP contribution in [0.4, 0.5) is 0 Å². The molecule has 0 unspecified atom stereocenters. The van der Waals surface area contributed by atoms with E-state index in [2.05, 4.69) is 5.32 Å². The van der Waals surface area contributed by atoms with Gasteiger partial charge in [0.15, 0.2) is 5.78 Å². The number of halogens is 1. The van der Waals surface area contributed by atoms with Crippen molar-refractivity contribution >= 4 is 23.3 Å². The topological polar surface area (TPSA) is 60.3 Å². The van der Waals surface area contributed by atoms with Gasteiger partial charge in [-0.1, -0.05) is 23.7 Å². The second-order valence-electron chi connectivity index (χ2n) is 5.99. The minimum absolute atomic E-state index is 0.0621. The third kappa shape index (κ3) is 3.37. The molecule has 0 bridgehead atoms. The molecule has 0 aliphatic carbocycles. The Morgan fingerprint density at radius 1 is 1.29 bits per heavy atom. The van der Waals surface area contributed by atoms with Crippen LogP contribution in [0.3, 0.4) is 0 Å². The van der Waals surface area contributed by atoms with Crippen molar-refractivity contribution in [3.63, 3.8) is 0 Å². The molecule has 24 heavy (non-hydrogen) atoms. The highest BCUT2D eigenvalue weighted by molar-refractivity contribution is 6.30. The first-order valence-corrected chi connectivity index (χ1v) is 8.18. The van der Waals surface area contributed by atoms with E-state index in [0.29, 0.717) is 22.9 Å². The number of carbonyl (C=O) groups excluding carboxylic acids is 2. The quantitative estimate of drug-likeness (QED) is 0.865. The Bertz CT molecular complexity index is 767. The predicted molar refractivity (Wildman–Crippen MR) is 91.4 cm³/mol. The third-order valence-electron chi connectivity index (χ3n) is 4.25. The highest BCUT2D eigenvalue weighted by Gasteiger charge is 2.31. The van der Waals surface area contributed by atoms with Crippen molar-refractivity contribution < 1.29 is 14.3 Å². The molecule has 5 nitrogen and oxygen atoms in total. The van der Waals surface area contributed by atoms with E-state index in [-0.39, 0.29) is 23.8 Å². The van der Waals surface area contributed by atoms with E-state index in [1.54, 1.807) is 23.9 Å². The number of aryl methyl sites for hydroxylation is 1. The summed E-state index contributed by atoms with van der Waals surface area (Å²) in [5.74, 6) is -0.271. The van der Waals surface area contributed by atoms with E-state index in [1.165, 1.54) is 6.92 Å². The number of hydrogen-bond acceptors (Lipinski definition) is 3. The molecule has 0 spiro atoms. The van der Waals surface area contributed by atoms with E-state index >= 15 is 0 Å². The normalized spacial score (nSPS) is 20.1. The standard InChI is InChI=1S/C18H19ClN2O3/c1-11(22)13-9-16(21(2)10-13)18(23)20-15-7-8-24-17(15)12-3-5-14(19)6-4-12/h3-6,9-10,15,17H,7-8H2,1-2H3,(H,20,23)/t15-,17+/m0/s1. The van der Waals surface area contributed by atoms with E-state index in [9.17, 15) is 9.59 Å². The first kappa shape index (κ1) is 16.7. The Morgan fingerprint density at radius 3 is 2.62 bits per heavy atom. The van der Waals surface area contributed by atoms with Crippen LogP contribution in [0.15, 0.2) is 36.5 Å². The summed E-state index contributed by atoms with van der Waals surface area (Å²) in [4.78, 5) is 24.0. The van der Waals surface area contributed by atoms with Crippen molar-refractivity contribution in [2.45, 2.75) is 25.5 Å². The zero-order valence-corrected chi connectivity index (χ0v) is 14.3. The zero-order chi connectivity index (χ0) is 17.3. The van der Waals surface area contributed by atoms with Crippen LogP contribution in [0.1, 0.15) is 45.9 Å². The summed E-state index contributed by atoms with van der Waals surface area (Å²) in [6, 6.07) is 8.95. The number of amides is 1. The number of rotatable bonds is 4. The van der Waals surface area contributed by atoms with Gasteiger partial charge >= 0.3 is 0 Å². The third-order valence-corrected chi connectivity index (χ3v) is 4.50.